The molecule has 0 fully saturated rings. The number of halogens is 1. The molecule has 3 rings (SSSR count). The number of fused-ring (bicyclic) bond motifs is 1. The van der Waals surface area contributed by atoms with E-state index in [0.717, 1.165) is 0 Å². The lowest BCUT2D eigenvalue weighted by Crippen LogP contribution is -2.15. The Hall–Kier alpha value is -2.46. The minimum absolute atomic E-state index is 0.00249. The van der Waals surface area contributed by atoms with Gasteiger partial charge in [-0.15, -0.1) is 0 Å². The summed E-state index contributed by atoms with van der Waals surface area (Å²) in [6, 6.07) is 8.02. The molecule has 8 nitrogen and oxygen atoms in total. The predicted molar refractivity (Wildman–Crippen MR) is 98.6 cm³/mol. The second-order valence-corrected chi connectivity index (χ2v) is 7.64. The monoisotopic (exact) mass is 442 g/mol. The highest BCUT2D eigenvalue weighted by Crippen LogP contribution is 2.38. The van der Waals surface area contributed by atoms with Crippen molar-refractivity contribution in [3.8, 4) is 17.2 Å². The standard InChI is InChI=1S/C16H15BrN2O6S/c1-22-10-5-4-6-11(23-2)15(10)26(20,21)19-16-14-12(24-3)7-9(17)8-13(14)25-18-16/h4-8H,1-3H3,(H,18,19). The van der Waals surface area contributed by atoms with Gasteiger partial charge in [0.05, 0.1) is 21.3 Å². The van der Waals surface area contributed by atoms with Crippen LogP contribution in [0.3, 0.4) is 0 Å². The second-order valence-electron chi connectivity index (χ2n) is 5.11. The van der Waals surface area contributed by atoms with Crippen molar-refractivity contribution in [2.24, 2.45) is 0 Å². The predicted octanol–water partition coefficient (Wildman–Crippen LogP) is 3.42. The molecule has 0 spiro atoms. The summed E-state index contributed by atoms with van der Waals surface area (Å²) in [4.78, 5) is -0.141. The average Bonchev–Trinajstić information content (AvgIpc) is 3.01. The highest BCUT2D eigenvalue weighted by atomic mass is 79.9. The molecule has 0 saturated heterocycles. The van der Waals surface area contributed by atoms with Gasteiger partial charge in [-0.3, -0.25) is 4.72 Å². The molecular formula is C16H15BrN2O6S. The van der Waals surface area contributed by atoms with E-state index in [9.17, 15) is 8.42 Å². The summed E-state index contributed by atoms with van der Waals surface area (Å²) in [6.07, 6.45) is 0. The molecule has 2 aromatic carbocycles. The molecule has 3 aromatic rings. The number of hydrogen-bond donors (Lipinski definition) is 1. The number of nitrogens with one attached hydrogen (secondary N) is 1. The number of nitrogens with zero attached hydrogens (tertiary/aromatic N) is 1. The highest BCUT2D eigenvalue weighted by molar-refractivity contribution is 9.10. The van der Waals surface area contributed by atoms with Crippen molar-refractivity contribution in [3.05, 3.63) is 34.8 Å². The normalized spacial score (nSPS) is 11.4. The number of ether oxygens (including phenoxy) is 3. The molecule has 1 N–H and O–H groups in total. The van der Waals surface area contributed by atoms with Crippen LogP contribution in [0.1, 0.15) is 0 Å². The second kappa shape index (κ2) is 7.04. The maximum absolute atomic E-state index is 13.0. The van der Waals surface area contributed by atoms with Gasteiger partial charge in [-0.1, -0.05) is 27.2 Å². The Morgan fingerprint density at radius 1 is 1.04 bits per heavy atom. The van der Waals surface area contributed by atoms with Gasteiger partial charge in [0, 0.05) is 4.47 Å². The third kappa shape index (κ3) is 3.17. The smallest absolute Gasteiger partial charge is 0.270 e. The first kappa shape index (κ1) is 18.3. The van der Waals surface area contributed by atoms with Crippen LogP contribution in [-0.4, -0.2) is 34.9 Å². The number of methoxy groups -OCH3 is 3. The zero-order valence-electron chi connectivity index (χ0n) is 14.1. The Labute approximate surface area is 158 Å². The number of benzene rings is 2. The quantitative estimate of drug-likeness (QED) is 0.623. The van der Waals surface area contributed by atoms with Crippen LogP contribution in [0.25, 0.3) is 11.0 Å². The number of hydrogen-bond acceptors (Lipinski definition) is 7. The molecular weight excluding hydrogens is 428 g/mol. The van der Waals surface area contributed by atoms with Gasteiger partial charge in [-0.05, 0) is 24.3 Å². The molecule has 0 aliphatic carbocycles. The molecule has 138 valence electrons. The average molecular weight is 443 g/mol. The Balaban J connectivity index is 2.14. The molecule has 0 unspecified atom stereocenters. The molecule has 10 heteroatoms. The van der Waals surface area contributed by atoms with Gasteiger partial charge in [0.1, 0.15) is 22.6 Å². The first-order valence-corrected chi connectivity index (χ1v) is 9.55. The lowest BCUT2D eigenvalue weighted by Gasteiger charge is -2.13. The lowest BCUT2D eigenvalue weighted by molar-refractivity contribution is 0.373. The van der Waals surface area contributed by atoms with Crippen LogP contribution >= 0.6 is 15.9 Å². The van der Waals surface area contributed by atoms with Gasteiger partial charge in [0.15, 0.2) is 16.3 Å². The van der Waals surface area contributed by atoms with Crippen LogP contribution in [0.15, 0.2) is 44.2 Å². The van der Waals surface area contributed by atoms with E-state index in [1.54, 1.807) is 18.2 Å². The summed E-state index contributed by atoms with van der Waals surface area (Å²) in [7, 11) is 0.133. The molecule has 0 radical (unpaired) electrons. The van der Waals surface area contributed by atoms with Crippen LogP contribution in [-0.2, 0) is 10.0 Å². The Morgan fingerprint density at radius 3 is 2.23 bits per heavy atom. The van der Waals surface area contributed by atoms with Gasteiger partial charge >= 0.3 is 0 Å². The largest absolute Gasteiger partial charge is 0.496 e. The van der Waals surface area contributed by atoms with Gasteiger partial charge < -0.3 is 18.7 Å². The molecule has 0 amide bonds. The first-order chi connectivity index (χ1) is 12.4. The van der Waals surface area contributed by atoms with Crippen molar-refractivity contribution in [2.75, 3.05) is 26.1 Å². The summed E-state index contributed by atoms with van der Waals surface area (Å²) >= 11 is 3.33. The van der Waals surface area contributed by atoms with Gasteiger partial charge in [0.25, 0.3) is 10.0 Å². The molecule has 0 bridgehead atoms. The molecule has 1 heterocycles. The maximum Gasteiger partial charge on any atom is 0.270 e. The van der Waals surface area contributed by atoms with Crippen molar-refractivity contribution in [1.82, 2.24) is 5.16 Å². The molecule has 26 heavy (non-hydrogen) atoms. The molecule has 0 atom stereocenters. The van der Waals surface area contributed by atoms with Crippen LogP contribution < -0.4 is 18.9 Å². The summed E-state index contributed by atoms with van der Waals surface area (Å²) in [5, 5.41) is 4.22. The third-order valence-corrected chi connectivity index (χ3v) is 5.46. The van der Waals surface area contributed by atoms with E-state index in [-0.39, 0.29) is 22.2 Å². The molecule has 0 aliphatic rings. The molecule has 0 aliphatic heterocycles. The summed E-state index contributed by atoms with van der Waals surface area (Å²) < 4.78 is 49.9. The molecule has 0 saturated carbocycles. The summed E-state index contributed by atoms with van der Waals surface area (Å²) in [5.41, 5.74) is 0.362. The van der Waals surface area contributed by atoms with Crippen molar-refractivity contribution in [1.29, 1.82) is 0 Å². The van der Waals surface area contributed by atoms with E-state index < -0.39 is 10.0 Å². The van der Waals surface area contributed by atoms with Crippen molar-refractivity contribution >= 4 is 42.7 Å². The summed E-state index contributed by atoms with van der Waals surface area (Å²) in [6.45, 7) is 0. The summed E-state index contributed by atoms with van der Waals surface area (Å²) in [5.74, 6) is 0.677. The fourth-order valence-corrected chi connectivity index (χ4v) is 4.24. The van der Waals surface area contributed by atoms with Crippen LogP contribution in [0, 0.1) is 0 Å². The van der Waals surface area contributed by atoms with Gasteiger partial charge in [-0.2, -0.15) is 0 Å². The minimum atomic E-state index is -4.09. The fraction of sp³-hybridized carbons (Fsp3) is 0.188. The van der Waals surface area contributed by atoms with Crippen LogP contribution in [0.4, 0.5) is 5.82 Å². The van der Waals surface area contributed by atoms with Gasteiger partial charge in [0.2, 0.25) is 0 Å². The van der Waals surface area contributed by atoms with E-state index in [1.807, 2.05) is 0 Å². The third-order valence-electron chi connectivity index (χ3n) is 3.61. The van der Waals surface area contributed by atoms with Crippen LogP contribution in [0.2, 0.25) is 0 Å². The Bertz CT molecular complexity index is 1040. The highest BCUT2D eigenvalue weighted by Gasteiger charge is 2.27. The van der Waals surface area contributed by atoms with Crippen molar-refractivity contribution in [3.63, 3.8) is 0 Å². The fourth-order valence-electron chi connectivity index (χ4n) is 2.49. The first-order valence-electron chi connectivity index (χ1n) is 7.28. The number of aromatic nitrogens is 1. The van der Waals surface area contributed by atoms with E-state index in [1.165, 1.54) is 33.5 Å². The van der Waals surface area contributed by atoms with Crippen LogP contribution in [0.5, 0.6) is 17.2 Å². The van der Waals surface area contributed by atoms with E-state index in [4.69, 9.17) is 18.7 Å². The Morgan fingerprint density at radius 2 is 1.65 bits per heavy atom. The maximum atomic E-state index is 13.0. The Kier molecular flexibility index (Phi) is 4.97. The topological polar surface area (TPSA) is 99.9 Å². The number of rotatable bonds is 6. The van der Waals surface area contributed by atoms with E-state index >= 15 is 0 Å². The van der Waals surface area contributed by atoms with Crippen molar-refractivity contribution < 1.29 is 27.2 Å². The molecule has 1 aromatic heterocycles. The zero-order valence-corrected chi connectivity index (χ0v) is 16.5. The number of sulfonamides is 1. The van der Waals surface area contributed by atoms with Gasteiger partial charge in [-0.25, -0.2) is 8.42 Å². The zero-order chi connectivity index (χ0) is 18.9. The lowest BCUT2D eigenvalue weighted by atomic mass is 10.2. The minimum Gasteiger partial charge on any atom is -0.496 e. The van der Waals surface area contributed by atoms with E-state index in [2.05, 4.69) is 25.8 Å². The van der Waals surface area contributed by atoms with Crippen molar-refractivity contribution in [2.45, 2.75) is 4.90 Å². The SMILES string of the molecule is COc1cccc(OC)c1S(=O)(=O)Nc1noc2cc(Br)cc(OC)c12. The number of anilines is 1. The van der Waals surface area contributed by atoms with E-state index in [0.29, 0.717) is 21.2 Å².